The number of nitrogen functional groups attached to an aromatic ring is 1. The van der Waals surface area contributed by atoms with Crippen LogP contribution in [0.25, 0.3) is 0 Å². The number of rotatable bonds is 3. The molecule has 1 aromatic rings. The summed E-state index contributed by atoms with van der Waals surface area (Å²) >= 11 is 0. The van der Waals surface area contributed by atoms with Gasteiger partial charge in [0.25, 0.3) is 0 Å². The maximum absolute atomic E-state index is 11.6. The predicted molar refractivity (Wildman–Crippen MR) is 69.8 cm³/mol. The van der Waals surface area contributed by atoms with Gasteiger partial charge in [0.05, 0.1) is 6.04 Å². The summed E-state index contributed by atoms with van der Waals surface area (Å²) in [6.45, 7) is 0. The molecule has 3 N–H and O–H groups in total. The molecule has 98 valence electrons. The highest BCUT2D eigenvalue weighted by atomic mass is 32.2. The molecule has 5 nitrogen and oxygen atoms in total. The molecule has 0 saturated heterocycles. The Morgan fingerprint density at radius 1 is 1.50 bits per heavy atom. The van der Waals surface area contributed by atoms with Crippen molar-refractivity contribution < 1.29 is 13.2 Å². The first-order chi connectivity index (χ1) is 8.35. The largest absolute Gasteiger partial charge is 0.399 e. The summed E-state index contributed by atoms with van der Waals surface area (Å²) in [5, 5.41) is 2.75. The van der Waals surface area contributed by atoms with E-state index in [1.807, 2.05) is 12.1 Å². The van der Waals surface area contributed by atoms with E-state index in [-0.39, 0.29) is 6.04 Å². The van der Waals surface area contributed by atoms with Crippen molar-refractivity contribution in [3.63, 3.8) is 0 Å². The van der Waals surface area contributed by atoms with Crippen LogP contribution in [0.5, 0.6) is 0 Å². The van der Waals surface area contributed by atoms with Crippen LogP contribution in [-0.4, -0.2) is 26.3 Å². The van der Waals surface area contributed by atoms with Gasteiger partial charge in [-0.1, -0.05) is 6.07 Å². The first-order valence-electron chi connectivity index (χ1n) is 5.70. The molecule has 1 amide bonds. The number of hydrogen-bond acceptors (Lipinski definition) is 4. The molecule has 0 heterocycles. The number of benzene rings is 1. The van der Waals surface area contributed by atoms with Gasteiger partial charge in [0, 0.05) is 11.9 Å². The van der Waals surface area contributed by atoms with Crippen LogP contribution in [0.1, 0.15) is 23.6 Å². The molecule has 0 saturated carbocycles. The molecule has 18 heavy (non-hydrogen) atoms. The summed E-state index contributed by atoms with van der Waals surface area (Å²) in [6, 6.07) is 5.48. The van der Waals surface area contributed by atoms with Gasteiger partial charge in [-0.15, -0.1) is 0 Å². The Labute approximate surface area is 106 Å². The van der Waals surface area contributed by atoms with Gasteiger partial charge in [-0.05, 0) is 36.1 Å². The molecule has 0 aromatic heterocycles. The van der Waals surface area contributed by atoms with Crippen molar-refractivity contribution >= 4 is 21.4 Å². The third-order valence-electron chi connectivity index (χ3n) is 2.97. The Balaban J connectivity index is 2.08. The third kappa shape index (κ3) is 3.01. The second-order valence-electron chi connectivity index (χ2n) is 4.69. The number of carbonyl (C=O) groups is 1. The zero-order valence-electron chi connectivity index (χ0n) is 10.1. The number of anilines is 1. The summed E-state index contributed by atoms with van der Waals surface area (Å²) in [5.41, 5.74) is 8.56. The average Bonchev–Trinajstić information content (AvgIpc) is 2.57. The number of aryl methyl sites for hydroxylation is 1. The fourth-order valence-electron chi connectivity index (χ4n) is 2.26. The maximum atomic E-state index is 11.6. The van der Waals surface area contributed by atoms with E-state index in [2.05, 4.69) is 5.32 Å². The van der Waals surface area contributed by atoms with E-state index in [1.54, 1.807) is 6.07 Å². The number of amides is 1. The molecular formula is C12H16N2O3S. The SMILES string of the molecule is CS(=O)(=O)CC(=O)NC1CCc2cc(N)ccc21. The van der Waals surface area contributed by atoms with E-state index in [4.69, 9.17) is 5.73 Å². The van der Waals surface area contributed by atoms with Crippen LogP contribution in [0, 0.1) is 0 Å². The Morgan fingerprint density at radius 3 is 2.89 bits per heavy atom. The zero-order chi connectivity index (χ0) is 13.3. The quantitative estimate of drug-likeness (QED) is 0.777. The lowest BCUT2D eigenvalue weighted by Gasteiger charge is -2.13. The van der Waals surface area contributed by atoms with Crippen LogP contribution in [0.4, 0.5) is 5.69 Å². The van der Waals surface area contributed by atoms with Gasteiger partial charge in [0.1, 0.15) is 5.75 Å². The molecule has 1 aliphatic rings. The van der Waals surface area contributed by atoms with Crippen molar-refractivity contribution in [1.82, 2.24) is 5.32 Å². The Bertz CT molecular complexity index is 581. The monoisotopic (exact) mass is 268 g/mol. The lowest BCUT2D eigenvalue weighted by molar-refractivity contribution is -0.119. The number of carbonyl (C=O) groups excluding carboxylic acids is 1. The summed E-state index contributed by atoms with van der Waals surface area (Å²) in [4.78, 5) is 11.6. The highest BCUT2D eigenvalue weighted by Crippen LogP contribution is 2.32. The van der Waals surface area contributed by atoms with Crippen LogP contribution in [0.15, 0.2) is 18.2 Å². The van der Waals surface area contributed by atoms with Crippen LogP contribution >= 0.6 is 0 Å². The number of sulfone groups is 1. The Kier molecular flexibility index (Phi) is 3.30. The Hall–Kier alpha value is -1.56. The van der Waals surface area contributed by atoms with Gasteiger partial charge >= 0.3 is 0 Å². The summed E-state index contributed by atoms with van der Waals surface area (Å²) in [5.74, 6) is -0.916. The molecule has 0 spiro atoms. The second kappa shape index (κ2) is 4.61. The van der Waals surface area contributed by atoms with Gasteiger partial charge < -0.3 is 11.1 Å². The molecular weight excluding hydrogens is 252 g/mol. The molecule has 6 heteroatoms. The first-order valence-corrected chi connectivity index (χ1v) is 7.76. The first kappa shape index (κ1) is 12.9. The molecule has 0 fully saturated rings. The highest BCUT2D eigenvalue weighted by molar-refractivity contribution is 7.91. The van der Waals surface area contributed by atoms with E-state index >= 15 is 0 Å². The van der Waals surface area contributed by atoms with Crippen molar-refractivity contribution in [2.24, 2.45) is 0 Å². The van der Waals surface area contributed by atoms with E-state index in [0.29, 0.717) is 5.69 Å². The minimum Gasteiger partial charge on any atom is -0.399 e. The van der Waals surface area contributed by atoms with E-state index < -0.39 is 21.5 Å². The lowest BCUT2D eigenvalue weighted by Crippen LogP contribution is -2.32. The average molecular weight is 268 g/mol. The zero-order valence-corrected chi connectivity index (χ0v) is 11.0. The van der Waals surface area contributed by atoms with Crippen molar-refractivity contribution in [3.8, 4) is 0 Å². The molecule has 0 bridgehead atoms. The van der Waals surface area contributed by atoms with Crippen molar-refractivity contribution in [1.29, 1.82) is 0 Å². The van der Waals surface area contributed by atoms with Crippen molar-refractivity contribution in [2.75, 3.05) is 17.7 Å². The molecule has 2 rings (SSSR count). The van der Waals surface area contributed by atoms with Crippen LogP contribution < -0.4 is 11.1 Å². The number of nitrogens with one attached hydrogen (secondary N) is 1. The van der Waals surface area contributed by atoms with Gasteiger partial charge in [0.2, 0.25) is 5.91 Å². The number of nitrogens with two attached hydrogens (primary N) is 1. The minimum absolute atomic E-state index is 0.102. The maximum Gasteiger partial charge on any atom is 0.235 e. The fourth-order valence-corrected chi connectivity index (χ4v) is 2.82. The standard InChI is InChI=1S/C12H16N2O3S/c1-18(16,17)7-12(15)14-11-5-2-8-6-9(13)3-4-10(8)11/h3-4,6,11H,2,5,7,13H2,1H3,(H,14,15). The molecule has 0 radical (unpaired) electrons. The third-order valence-corrected chi connectivity index (χ3v) is 3.76. The summed E-state index contributed by atoms with van der Waals surface area (Å²) < 4.78 is 22.1. The van der Waals surface area contributed by atoms with E-state index in [0.717, 1.165) is 30.2 Å². The molecule has 1 unspecified atom stereocenters. The summed E-state index contributed by atoms with van der Waals surface area (Å²) in [7, 11) is -3.28. The van der Waals surface area contributed by atoms with Gasteiger partial charge in [-0.3, -0.25) is 4.79 Å². The van der Waals surface area contributed by atoms with Gasteiger partial charge in [-0.25, -0.2) is 8.42 Å². The second-order valence-corrected chi connectivity index (χ2v) is 6.83. The minimum atomic E-state index is -3.28. The van der Waals surface area contributed by atoms with Gasteiger partial charge in [-0.2, -0.15) is 0 Å². The van der Waals surface area contributed by atoms with Crippen LogP contribution in [-0.2, 0) is 21.1 Å². The van der Waals surface area contributed by atoms with Gasteiger partial charge in [0.15, 0.2) is 9.84 Å². The smallest absolute Gasteiger partial charge is 0.235 e. The molecule has 1 atom stereocenters. The fraction of sp³-hybridized carbons (Fsp3) is 0.417. The van der Waals surface area contributed by atoms with Crippen LogP contribution in [0.2, 0.25) is 0 Å². The van der Waals surface area contributed by atoms with Crippen molar-refractivity contribution in [3.05, 3.63) is 29.3 Å². The predicted octanol–water partition coefficient (Wildman–Crippen LogP) is 0.417. The number of fused-ring (bicyclic) bond motifs is 1. The Morgan fingerprint density at radius 2 is 2.22 bits per heavy atom. The molecule has 0 aliphatic heterocycles. The van der Waals surface area contributed by atoms with Crippen LogP contribution in [0.3, 0.4) is 0 Å². The summed E-state index contributed by atoms with van der Waals surface area (Å²) in [6.07, 6.45) is 2.69. The number of hydrogen-bond donors (Lipinski definition) is 2. The molecule has 1 aromatic carbocycles. The van der Waals surface area contributed by atoms with Crippen molar-refractivity contribution in [2.45, 2.75) is 18.9 Å². The lowest BCUT2D eigenvalue weighted by atomic mass is 10.1. The topological polar surface area (TPSA) is 89.3 Å². The normalized spacial score (nSPS) is 18.4. The van der Waals surface area contributed by atoms with E-state index in [9.17, 15) is 13.2 Å². The highest BCUT2D eigenvalue weighted by Gasteiger charge is 2.24. The molecule has 1 aliphatic carbocycles. The van der Waals surface area contributed by atoms with E-state index in [1.165, 1.54) is 0 Å².